The molecule has 2 aliphatic heterocycles. The fourth-order valence-electron chi connectivity index (χ4n) is 3.93. The molecule has 1 amide bonds. The fourth-order valence-corrected chi connectivity index (χ4v) is 3.93. The van der Waals surface area contributed by atoms with Crippen LogP contribution in [0.2, 0.25) is 0 Å². The van der Waals surface area contributed by atoms with Crippen molar-refractivity contribution in [1.82, 2.24) is 14.9 Å². The first-order chi connectivity index (χ1) is 10.7. The first kappa shape index (κ1) is 13.9. The van der Waals surface area contributed by atoms with Crippen LogP contribution >= 0.6 is 0 Å². The van der Waals surface area contributed by atoms with Crippen molar-refractivity contribution in [3.63, 3.8) is 0 Å². The zero-order chi connectivity index (χ0) is 15.3. The Hall–Kier alpha value is -1.69. The Balaban J connectivity index is 1.49. The van der Waals surface area contributed by atoms with E-state index in [2.05, 4.69) is 9.97 Å². The average Bonchev–Trinajstić information content (AvgIpc) is 3.09. The molecule has 0 aromatic carbocycles. The van der Waals surface area contributed by atoms with Crippen LogP contribution in [0.4, 0.5) is 5.82 Å². The number of rotatable bonds is 2. The number of carbonyl (C=O) groups excluding carboxylic acids is 1. The largest absolute Gasteiger partial charge is 0.381 e. The van der Waals surface area contributed by atoms with Gasteiger partial charge in [-0.1, -0.05) is 0 Å². The van der Waals surface area contributed by atoms with E-state index in [4.69, 9.17) is 4.74 Å². The van der Waals surface area contributed by atoms with E-state index in [9.17, 15) is 4.79 Å². The molecular formula is C16H22N4O2. The number of amides is 1. The molecule has 1 aliphatic carbocycles. The minimum absolute atomic E-state index is 0.217. The molecule has 3 heterocycles. The van der Waals surface area contributed by atoms with E-state index in [1.807, 2.05) is 23.9 Å². The van der Waals surface area contributed by atoms with Crippen LogP contribution in [0.3, 0.4) is 0 Å². The number of nitrogens with zero attached hydrogens (tertiary/aromatic N) is 4. The number of aromatic nitrogens is 2. The van der Waals surface area contributed by atoms with Crippen molar-refractivity contribution < 1.29 is 9.53 Å². The topological polar surface area (TPSA) is 58.6 Å². The van der Waals surface area contributed by atoms with Crippen molar-refractivity contribution in [2.45, 2.75) is 12.8 Å². The molecule has 6 heteroatoms. The van der Waals surface area contributed by atoms with Gasteiger partial charge in [-0.3, -0.25) is 4.79 Å². The molecule has 118 valence electrons. The van der Waals surface area contributed by atoms with Gasteiger partial charge in [0.25, 0.3) is 0 Å². The van der Waals surface area contributed by atoms with Gasteiger partial charge in [0.05, 0.1) is 18.9 Å². The van der Waals surface area contributed by atoms with Gasteiger partial charge >= 0.3 is 0 Å². The van der Waals surface area contributed by atoms with Crippen molar-refractivity contribution in [2.24, 2.45) is 17.8 Å². The number of hydrogen-bond donors (Lipinski definition) is 0. The normalized spacial score (nSPS) is 29.5. The van der Waals surface area contributed by atoms with E-state index in [-0.39, 0.29) is 5.92 Å². The molecule has 1 unspecified atom stereocenters. The maximum Gasteiger partial charge on any atom is 0.226 e. The minimum atomic E-state index is 0.217. The molecule has 1 saturated carbocycles. The molecular weight excluding hydrogens is 280 g/mol. The molecule has 0 spiro atoms. The summed E-state index contributed by atoms with van der Waals surface area (Å²) in [5.74, 6) is 2.49. The molecule has 2 fully saturated rings. The van der Waals surface area contributed by atoms with Gasteiger partial charge in [0.1, 0.15) is 12.1 Å². The third-order valence-electron chi connectivity index (χ3n) is 5.23. The fraction of sp³-hybridized carbons (Fsp3) is 0.688. The molecule has 3 atom stereocenters. The molecule has 0 radical (unpaired) electrons. The number of ether oxygens (including phenoxy) is 1. The van der Waals surface area contributed by atoms with Crippen molar-refractivity contribution >= 4 is 11.7 Å². The summed E-state index contributed by atoms with van der Waals surface area (Å²) in [7, 11) is 4.00. The van der Waals surface area contributed by atoms with Crippen LogP contribution in [0.25, 0.3) is 0 Å². The van der Waals surface area contributed by atoms with E-state index in [0.29, 0.717) is 17.7 Å². The highest BCUT2D eigenvalue weighted by Gasteiger charge is 2.58. The van der Waals surface area contributed by atoms with Crippen LogP contribution in [-0.4, -0.2) is 61.2 Å². The summed E-state index contributed by atoms with van der Waals surface area (Å²) < 4.78 is 5.40. The van der Waals surface area contributed by atoms with E-state index in [1.54, 1.807) is 6.33 Å². The lowest BCUT2D eigenvalue weighted by molar-refractivity contribution is -0.133. The average molecular weight is 302 g/mol. The molecule has 4 rings (SSSR count). The Bertz CT molecular complexity index is 594. The summed E-state index contributed by atoms with van der Waals surface area (Å²) >= 11 is 0. The van der Waals surface area contributed by atoms with Crippen LogP contribution in [0.15, 0.2) is 6.33 Å². The lowest BCUT2D eigenvalue weighted by atomic mass is 10.1. The number of carbonyl (C=O) groups is 1. The zero-order valence-electron chi connectivity index (χ0n) is 13.2. The maximum atomic E-state index is 12.7. The van der Waals surface area contributed by atoms with Crippen LogP contribution < -0.4 is 4.90 Å². The standard InChI is InChI=1S/C16H22N4O2/c1-19(2)15-10-3-5-20(6-4-13(10)17-9-18-15)16(21)14-11-7-22-8-12(11)14/h9,11-12,14H,3-8H2,1-2H3/t11-,12+,14?. The van der Waals surface area contributed by atoms with Gasteiger partial charge < -0.3 is 14.5 Å². The van der Waals surface area contributed by atoms with Crippen molar-refractivity contribution in [2.75, 3.05) is 45.3 Å². The zero-order valence-corrected chi connectivity index (χ0v) is 13.2. The molecule has 1 saturated heterocycles. The molecule has 3 aliphatic rings. The highest BCUT2D eigenvalue weighted by molar-refractivity contribution is 5.82. The highest BCUT2D eigenvalue weighted by atomic mass is 16.5. The predicted octanol–water partition coefficient (Wildman–Crippen LogP) is 0.362. The summed E-state index contributed by atoms with van der Waals surface area (Å²) in [5.41, 5.74) is 2.29. The van der Waals surface area contributed by atoms with E-state index < -0.39 is 0 Å². The van der Waals surface area contributed by atoms with Gasteiger partial charge in [0.2, 0.25) is 5.91 Å². The number of fused-ring (bicyclic) bond motifs is 2. The smallest absolute Gasteiger partial charge is 0.226 e. The lowest BCUT2D eigenvalue weighted by Gasteiger charge is -2.21. The second kappa shape index (κ2) is 5.19. The molecule has 22 heavy (non-hydrogen) atoms. The van der Waals surface area contributed by atoms with Gasteiger partial charge in [0, 0.05) is 45.1 Å². The Kier molecular flexibility index (Phi) is 3.29. The molecule has 0 bridgehead atoms. The third-order valence-corrected chi connectivity index (χ3v) is 5.23. The van der Waals surface area contributed by atoms with Crippen molar-refractivity contribution in [3.8, 4) is 0 Å². The van der Waals surface area contributed by atoms with E-state index in [0.717, 1.165) is 50.7 Å². The van der Waals surface area contributed by atoms with Gasteiger partial charge in [-0.2, -0.15) is 0 Å². The van der Waals surface area contributed by atoms with Gasteiger partial charge in [0.15, 0.2) is 0 Å². The Morgan fingerprint density at radius 2 is 1.95 bits per heavy atom. The second-order valence-electron chi connectivity index (χ2n) is 6.73. The Morgan fingerprint density at radius 3 is 2.68 bits per heavy atom. The third kappa shape index (κ3) is 2.17. The minimum Gasteiger partial charge on any atom is -0.381 e. The summed E-state index contributed by atoms with van der Waals surface area (Å²) in [6.45, 7) is 3.08. The Morgan fingerprint density at radius 1 is 1.23 bits per heavy atom. The predicted molar refractivity (Wildman–Crippen MR) is 81.6 cm³/mol. The summed E-state index contributed by atoms with van der Waals surface area (Å²) in [5, 5.41) is 0. The molecule has 1 aromatic heterocycles. The van der Waals surface area contributed by atoms with Gasteiger partial charge in [-0.25, -0.2) is 9.97 Å². The van der Waals surface area contributed by atoms with Gasteiger partial charge in [-0.15, -0.1) is 0 Å². The maximum absolute atomic E-state index is 12.7. The number of hydrogen-bond acceptors (Lipinski definition) is 5. The van der Waals surface area contributed by atoms with Gasteiger partial charge in [-0.05, 0) is 18.3 Å². The molecule has 6 nitrogen and oxygen atoms in total. The molecule has 0 N–H and O–H groups in total. The monoisotopic (exact) mass is 302 g/mol. The van der Waals surface area contributed by atoms with E-state index >= 15 is 0 Å². The van der Waals surface area contributed by atoms with Crippen LogP contribution in [0.1, 0.15) is 11.3 Å². The SMILES string of the molecule is CN(C)c1ncnc2c1CCN(C(=O)C1[C@H]3COC[C@@H]13)CC2. The summed E-state index contributed by atoms with van der Waals surface area (Å²) in [6, 6.07) is 0. The first-order valence-electron chi connectivity index (χ1n) is 8.03. The Labute approximate surface area is 130 Å². The second-order valence-corrected chi connectivity index (χ2v) is 6.73. The van der Waals surface area contributed by atoms with E-state index in [1.165, 1.54) is 5.56 Å². The molecule has 1 aromatic rings. The summed E-state index contributed by atoms with van der Waals surface area (Å²) in [4.78, 5) is 25.6. The van der Waals surface area contributed by atoms with Crippen molar-refractivity contribution in [1.29, 1.82) is 0 Å². The van der Waals surface area contributed by atoms with Crippen molar-refractivity contribution in [3.05, 3.63) is 17.6 Å². The first-order valence-corrected chi connectivity index (χ1v) is 8.03. The van der Waals surface area contributed by atoms with Crippen LogP contribution in [0, 0.1) is 17.8 Å². The lowest BCUT2D eigenvalue weighted by Crippen LogP contribution is -2.36. The van der Waals surface area contributed by atoms with Crippen LogP contribution in [-0.2, 0) is 22.4 Å². The highest BCUT2D eigenvalue weighted by Crippen LogP contribution is 2.51. The summed E-state index contributed by atoms with van der Waals surface area (Å²) in [6.07, 6.45) is 3.30. The quantitative estimate of drug-likeness (QED) is 0.789. The number of anilines is 1. The van der Waals surface area contributed by atoms with Crippen LogP contribution in [0.5, 0.6) is 0 Å².